The number of nitrogens with zero attached hydrogens (tertiary/aromatic N) is 1. The Balaban J connectivity index is 1.73. The van der Waals surface area contributed by atoms with E-state index < -0.39 is 28.8 Å². The molecule has 1 aliphatic carbocycles. The highest BCUT2D eigenvalue weighted by atomic mass is 19.1. The van der Waals surface area contributed by atoms with Gasteiger partial charge < -0.3 is 20.9 Å². The molecule has 0 saturated carbocycles. The molecule has 0 fully saturated rings. The monoisotopic (exact) mass is 433 g/mol. The lowest BCUT2D eigenvalue weighted by atomic mass is 9.82. The molecule has 1 amide bonds. The van der Waals surface area contributed by atoms with Crippen molar-refractivity contribution in [2.24, 2.45) is 0 Å². The zero-order chi connectivity index (χ0) is 22.8. The van der Waals surface area contributed by atoms with Gasteiger partial charge in [0, 0.05) is 23.0 Å². The fraction of sp³-hybridized carbons (Fsp3) is 0.208. The quantitative estimate of drug-likeness (QED) is 0.547. The number of fused-ring (bicyclic) bond motifs is 5. The van der Waals surface area contributed by atoms with Crippen LogP contribution in [0.2, 0.25) is 0 Å². The van der Waals surface area contributed by atoms with E-state index >= 15 is 0 Å². The molecule has 2 heterocycles. The molecule has 0 spiro atoms. The number of anilines is 1. The number of pyridine rings is 1. The van der Waals surface area contributed by atoms with Crippen LogP contribution in [0.1, 0.15) is 57.2 Å². The molecule has 7 nitrogen and oxygen atoms in total. The van der Waals surface area contributed by atoms with Crippen molar-refractivity contribution in [2.75, 3.05) is 5.73 Å². The normalized spacial score (nSPS) is 22.8. The van der Waals surface area contributed by atoms with Crippen LogP contribution in [-0.4, -0.2) is 21.8 Å². The smallest absolute Gasteiger partial charge is 0.271 e. The SMILES string of the molecule is CC(C)c1ccc2c(c1)OC1(O)c3cccc(N)c3C(=O)C21NC(=O)c1cncc(F)c1. The van der Waals surface area contributed by atoms with Crippen LogP contribution in [0.4, 0.5) is 10.1 Å². The minimum atomic E-state index is -2.23. The van der Waals surface area contributed by atoms with Crippen LogP contribution < -0.4 is 15.8 Å². The minimum Gasteiger partial charge on any atom is -0.454 e. The lowest BCUT2D eigenvalue weighted by Gasteiger charge is -2.34. The van der Waals surface area contributed by atoms with Crippen LogP contribution in [0.5, 0.6) is 5.75 Å². The number of nitrogens with one attached hydrogen (secondary N) is 1. The number of hydrogen-bond donors (Lipinski definition) is 3. The molecule has 162 valence electrons. The third kappa shape index (κ3) is 2.47. The summed E-state index contributed by atoms with van der Waals surface area (Å²) in [5, 5.41) is 14.5. The first-order chi connectivity index (χ1) is 15.2. The number of aliphatic hydroxyl groups is 1. The number of rotatable bonds is 3. The van der Waals surface area contributed by atoms with Crippen molar-refractivity contribution >= 4 is 17.4 Å². The van der Waals surface area contributed by atoms with E-state index in [1.807, 2.05) is 19.9 Å². The summed E-state index contributed by atoms with van der Waals surface area (Å²) < 4.78 is 19.7. The second-order valence-corrected chi connectivity index (χ2v) is 8.35. The molecule has 3 aromatic rings. The van der Waals surface area contributed by atoms with Crippen molar-refractivity contribution in [3.8, 4) is 5.75 Å². The zero-order valence-electron chi connectivity index (χ0n) is 17.3. The number of halogens is 1. The molecule has 5 rings (SSSR count). The molecule has 2 aromatic carbocycles. The molecule has 8 heteroatoms. The molecule has 2 atom stereocenters. The van der Waals surface area contributed by atoms with E-state index in [1.165, 1.54) is 18.3 Å². The predicted molar refractivity (Wildman–Crippen MR) is 114 cm³/mol. The van der Waals surface area contributed by atoms with E-state index in [1.54, 1.807) is 18.2 Å². The summed E-state index contributed by atoms with van der Waals surface area (Å²) >= 11 is 0. The molecule has 0 saturated heterocycles. The van der Waals surface area contributed by atoms with Crippen molar-refractivity contribution in [3.63, 3.8) is 0 Å². The molecule has 4 N–H and O–H groups in total. The third-order valence-electron chi connectivity index (χ3n) is 6.14. The topological polar surface area (TPSA) is 115 Å². The molecule has 1 aliphatic heterocycles. The van der Waals surface area contributed by atoms with Crippen LogP contribution >= 0.6 is 0 Å². The molecule has 2 aliphatic rings. The van der Waals surface area contributed by atoms with Crippen molar-refractivity contribution in [1.29, 1.82) is 0 Å². The maximum atomic E-state index is 13.8. The Hall–Kier alpha value is -3.78. The highest BCUT2D eigenvalue weighted by Gasteiger charge is 2.72. The fourth-order valence-corrected chi connectivity index (χ4v) is 4.52. The summed E-state index contributed by atoms with van der Waals surface area (Å²) in [5.41, 5.74) is 5.57. The van der Waals surface area contributed by atoms with Gasteiger partial charge in [0.25, 0.3) is 11.7 Å². The largest absolute Gasteiger partial charge is 0.454 e. The van der Waals surface area contributed by atoms with Gasteiger partial charge in [-0.2, -0.15) is 0 Å². The van der Waals surface area contributed by atoms with E-state index in [2.05, 4.69) is 10.3 Å². The predicted octanol–water partition coefficient (Wildman–Crippen LogP) is 2.99. The van der Waals surface area contributed by atoms with Gasteiger partial charge in [0.2, 0.25) is 11.3 Å². The van der Waals surface area contributed by atoms with Gasteiger partial charge in [-0.1, -0.05) is 38.1 Å². The van der Waals surface area contributed by atoms with E-state index in [4.69, 9.17) is 10.5 Å². The number of nitrogen functional groups attached to an aromatic ring is 1. The number of amides is 1. The first-order valence-electron chi connectivity index (χ1n) is 10.1. The zero-order valence-corrected chi connectivity index (χ0v) is 17.3. The van der Waals surface area contributed by atoms with Crippen molar-refractivity contribution in [3.05, 3.63) is 88.5 Å². The van der Waals surface area contributed by atoms with Crippen LogP contribution in [0.25, 0.3) is 0 Å². The summed E-state index contributed by atoms with van der Waals surface area (Å²) in [4.78, 5) is 30.6. The molecule has 2 unspecified atom stereocenters. The maximum absolute atomic E-state index is 13.8. The summed E-state index contributed by atoms with van der Waals surface area (Å²) in [7, 11) is 0. The van der Waals surface area contributed by atoms with Crippen LogP contribution in [-0.2, 0) is 11.3 Å². The third-order valence-corrected chi connectivity index (χ3v) is 6.14. The highest BCUT2D eigenvalue weighted by molar-refractivity contribution is 6.16. The lowest BCUT2D eigenvalue weighted by molar-refractivity contribution is -0.169. The van der Waals surface area contributed by atoms with Gasteiger partial charge in [-0.05, 0) is 29.7 Å². The first kappa shape index (κ1) is 20.1. The molecular weight excluding hydrogens is 413 g/mol. The van der Waals surface area contributed by atoms with E-state index in [-0.39, 0.29) is 34.0 Å². The number of ketones is 1. The summed E-state index contributed by atoms with van der Waals surface area (Å²) in [6.07, 6.45) is 2.14. The minimum absolute atomic E-state index is 0.0752. The molecule has 0 radical (unpaired) electrons. The van der Waals surface area contributed by atoms with Crippen molar-refractivity contribution < 1.29 is 23.8 Å². The number of Topliss-reactive ketones (excluding diaryl/α,β-unsaturated/α-hetero) is 1. The Morgan fingerprint density at radius 2 is 1.97 bits per heavy atom. The molecular formula is C24H20FN3O4. The van der Waals surface area contributed by atoms with Crippen molar-refractivity contribution in [2.45, 2.75) is 31.1 Å². The van der Waals surface area contributed by atoms with Crippen molar-refractivity contribution in [1.82, 2.24) is 10.3 Å². The van der Waals surface area contributed by atoms with E-state index in [0.29, 0.717) is 5.56 Å². The number of aromatic nitrogens is 1. The van der Waals surface area contributed by atoms with Gasteiger partial charge >= 0.3 is 0 Å². The average molecular weight is 433 g/mol. The second-order valence-electron chi connectivity index (χ2n) is 8.35. The Bertz CT molecular complexity index is 1310. The number of carbonyl (C=O) groups is 2. The van der Waals surface area contributed by atoms with Gasteiger partial charge in [0.15, 0.2) is 0 Å². The Morgan fingerprint density at radius 3 is 2.69 bits per heavy atom. The van der Waals surface area contributed by atoms with Gasteiger partial charge in [0.05, 0.1) is 17.3 Å². The average Bonchev–Trinajstić information content (AvgIpc) is 3.11. The first-order valence-corrected chi connectivity index (χ1v) is 10.1. The standard InChI is InChI=1S/C24H20FN3O4/c1-12(2)13-6-7-16-19(9-13)32-24(31)17-4-3-5-18(26)20(17)21(29)23(16,24)28-22(30)14-8-15(25)11-27-10-14/h3-12,31H,26H2,1-2H3,(H,28,30). The molecule has 32 heavy (non-hydrogen) atoms. The number of hydrogen-bond acceptors (Lipinski definition) is 6. The number of ether oxygens (including phenoxy) is 1. The summed E-state index contributed by atoms with van der Waals surface area (Å²) in [6, 6.07) is 10.9. The lowest BCUT2D eigenvalue weighted by Crippen LogP contribution is -2.60. The van der Waals surface area contributed by atoms with Crippen LogP contribution in [0, 0.1) is 5.82 Å². The Labute approximate surface area is 183 Å². The highest BCUT2D eigenvalue weighted by Crippen LogP contribution is 2.59. The van der Waals surface area contributed by atoms with Crippen LogP contribution in [0.3, 0.4) is 0 Å². The van der Waals surface area contributed by atoms with Gasteiger partial charge in [-0.15, -0.1) is 0 Å². The maximum Gasteiger partial charge on any atom is 0.271 e. The number of nitrogens with two attached hydrogens (primary N) is 1. The van der Waals surface area contributed by atoms with E-state index in [9.17, 15) is 19.1 Å². The van der Waals surface area contributed by atoms with Gasteiger partial charge in [0.1, 0.15) is 11.6 Å². The molecule has 1 aromatic heterocycles. The second kappa shape index (κ2) is 6.61. The number of carbonyl (C=O) groups excluding carboxylic acids is 2. The Kier molecular flexibility index (Phi) is 4.16. The van der Waals surface area contributed by atoms with Crippen LogP contribution in [0.15, 0.2) is 54.9 Å². The number of benzene rings is 2. The van der Waals surface area contributed by atoms with E-state index in [0.717, 1.165) is 17.8 Å². The Morgan fingerprint density at radius 1 is 1.19 bits per heavy atom. The summed E-state index contributed by atoms with van der Waals surface area (Å²) in [5.74, 6) is -3.90. The molecule has 0 bridgehead atoms. The van der Waals surface area contributed by atoms with Gasteiger partial charge in [-0.3, -0.25) is 14.6 Å². The van der Waals surface area contributed by atoms with Gasteiger partial charge in [-0.25, -0.2) is 4.39 Å². The fourth-order valence-electron chi connectivity index (χ4n) is 4.52. The summed E-state index contributed by atoms with van der Waals surface area (Å²) in [6.45, 7) is 4.00.